The van der Waals surface area contributed by atoms with Crippen LogP contribution in [0.3, 0.4) is 0 Å². The van der Waals surface area contributed by atoms with E-state index >= 15 is 0 Å². The van der Waals surface area contributed by atoms with E-state index in [1.54, 1.807) is 14.0 Å². The molecule has 2 N–H and O–H groups in total. The van der Waals surface area contributed by atoms with Crippen LogP contribution in [0.25, 0.3) is 0 Å². The first-order chi connectivity index (χ1) is 15.8. The van der Waals surface area contributed by atoms with Crippen molar-refractivity contribution in [1.82, 2.24) is 10.0 Å². The number of nitrogens with one attached hydrogen (secondary N) is 2. The van der Waals surface area contributed by atoms with E-state index in [-0.39, 0.29) is 29.5 Å². The zero-order chi connectivity index (χ0) is 23.8. The molecule has 0 saturated heterocycles. The van der Waals surface area contributed by atoms with E-state index in [4.69, 9.17) is 9.47 Å². The third-order valence-corrected chi connectivity index (χ3v) is 6.69. The van der Waals surface area contributed by atoms with Gasteiger partial charge in [0, 0.05) is 6.04 Å². The molecule has 2 atom stereocenters. The lowest BCUT2D eigenvalue weighted by Crippen LogP contribution is -2.31. The molecule has 3 aromatic carbocycles. The Morgan fingerprint density at radius 3 is 2.00 bits per heavy atom. The lowest BCUT2D eigenvalue weighted by molar-refractivity contribution is -0.123. The van der Waals surface area contributed by atoms with E-state index in [1.165, 1.54) is 24.3 Å². The molecule has 8 heteroatoms. The number of ether oxygens (including phenoxy) is 2. The third-order valence-electron chi connectivity index (χ3n) is 5.13. The van der Waals surface area contributed by atoms with Crippen LogP contribution >= 0.6 is 0 Å². The molecule has 0 aliphatic rings. The van der Waals surface area contributed by atoms with Crippen LogP contribution in [0.4, 0.5) is 0 Å². The van der Waals surface area contributed by atoms with Gasteiger partial charge in [0.1, 0.15) is 11.5 Å². The Hall–Kier alpha value is -3.36. The van der Waals surface area contributed by atoms with Gasteiger partial charge in [0.25, 0.3) is 5.91 Å². The minimum atomic E-state index is -3.70. The summed E-state index contributed by atoms with van der Waals surface area (Å²) in [5.74, 6) is 0.862. The van der Waals surface area contributed by atoms with E-state index < -0.39 is 10.0 Å². The van der Waals surface area contributed by atoms with Crippen LogP contribution in [0, 0.1) is 0 Å². The van der Waals surface area contributed by atoms with Gasteiger partial charge in [-0.15, -0.1) is 0 Å². The number of sulfonamides is 1. The molecule has 33 heavy (non-hydrogen) atoms. The van der Waals surface area contributed by atoms with E-state index in [1.807, 2.05) is 61.5 Å². The van der Waals surface area contributed by atoms with Gasteiger partial charge in [-0.25, -0.2) is 13.1 Å². The number of benzene rings is 3. The monoisotopic (exact) mass is 468 g/mol. The zero-order valence-electron chi connectivity index (χ0n) is 18.8. The standard InChI is InChI=1S/C25H28N2O5S/c1-18(21-9-11-22(31-3)12-10-21)26-25(28)17-32-23-13-15-24(16-14-23)33(29,30)27-19(2)20-7-5-4-6-8-20/h4-16,18-19,27H,17H2,1-3H3,(H,26,28)/t18-,19+/m0/s1. The molecule has 0 spiro atoms. The lowest BCUT2D eigenvalue weighted by atomic mass is 10.1. The lowest BCUT2D eigenvalue weighted by Gasteiger charge is -2.16. The fraction of sp³-hybridized carbons (Fsp3) is 0.240. The van der Waals surface area contributed by atoms with E-state index in [9.17, 15) is 13.2 Å². The maximum Gasteiger partial charge on any atom is 0.258 e. The SMILES string of the molecule is COc1ccc([C@H](C)NC(=O)COc2ccc(S(=O)(=O)N[C@H](C)c3ccccc3)cc2)cc1. The summed E-state index contributed by atoms with van der Waals surface area (Å²) in [5.41, 5.74) is 1.81. The quantitative estimate of drug-likeness (QED) is 0.469. The molecular formula is C25H28N2O5S. The average molecular weight is 469 g/mol. The van der Waals surface area contributed by atoms with Crippen LogP contribution in [0.2, 0.25) is 0 Å². The minimum absolute atomic E-state index is 0.121. The molecule has 0 aliphatic heterocycles. The zero-order valence-corrected chi connectivity index (χ0v) is 19.6. The van der Waals surface area contributed by atoms with Crippen LogP contribution in [0.15, 0.2) is 83.8 Å². The van der Waals surface area contributed by atoms with Gasteiger partial charge in [0.15, 0.2) is 6.61 Å². The average Bonchev–Trinajstić information content (AvgIpc) is 2.83. The Kier molecular flexibility index (Phi) is 8.08. The van der Waals surface area contributed by atoms with Crippen LogP contribution in [0.5, 0.6) is 11.5 Å². The summed E-state index contributed by atoms with van der Waals surface area (Å²) in [6, 6.07) is 22.2. The minimum Gasteiger partial charge on any atom is -0.497 e. The first kappa shape index (κ1) is 24.3. The van der Waals surface area contributed by atoms with Gasteiger partial charge in [0.05, 0.1) is 18.0 Å². The number of hydrogen-bond acceptors (Lipinski definition) is 5. The normalized spacial score (nSPS) is 13.1. The largest absolute Gasteiger partial charge is 0.497 e. The van der Waals surface area contributed by atoms with E-state index in [2.05, 4.69) is 10.0 Å². The highest BCUT2D eigenvalue weighted by atomic mass is 32.2. The third kappa shape index (κ3) is 6.81. The summed E-state index contributed by atoms with van der Waals surface area (Å²) < 4.78 is 38.6. The van der Waals surface area contributed by atoms with Crippen molar-refractivity contribution in [2.45, 2.75) is 30.8 Å². The molecule has 0 aromatic heterocycles. The second kappa shape index (κ2) is 11.0. The molecule has 0 heterocycles. The van der Waals surface area contributed by atoms with Crippen molar-refractivity contribution in [1.29, 1.82) is 0 Å². The second-order valence-electron chi connectivity index (χ2n) is 7.58. The van der Waals surface area contributed by atoms with Crippen molar-refractivity contribution in [3.63, 3.8) is 0 Å². The smallest absolute Gasteiger partial charge is 0.258 e. The summed E-state index contributed by atoms with van der Waals surface area (Å²) in [4.78, 5) is 12.4. The predicted octanol–water partition coefficient (Wildman–Crippen LogP) is 3.99. The second-order valence-corrected chi connectivity index (χ2v) is 9.29. The van der Waals surface area contributed by atoms with Gasteiger partial charge in [-0.05, 0) is 61.4 Å². The van der Waals surface area contributed by atoms with Crippen LogP contribution in [-0.2, 0) is 14.8 Å². The predicted molar refractivity (Wildman–Crippen MR) is 127 cm³/mol. The number of rotatable bonds is 10. The number of hydrogen-bond donors (Lipinski definition) is 2. The van der Waals surface area contributed by atoms with Crippen molar-refractivity contribution in [3.05, 3.63) is 90.0 Å². The molecule has 1 amide bonds. The number of carbonyl (C=O) groups is 1. The van der Waals surface area contributed by atoms with Crippen molar-refractivity contribution >= 4 is 15.9 Å². The highest BCUT2D eigenvalue weighted by Crippen LogP contribution is 2.20. The molecule has 0 fully saturated rings. The molecule has 3 aromatic rings. The molecule has 0 bridgehead atoms. The summed E-state index contributed by atoms with van der Waals surface area (Å²) in [7, 11) is -2.10. The Bertz CT molecular complexity index is 1150. The van der Waals surface area contributed by atoms with Crippen LogP contribution < -0.4 is 19.5 Å². The summed E-state index contributed by atoms with van der Waals surface area (Å²) in [5, 5.41) is 2.87. The summed E-state index contributed by atoms with van der Waals surface area (Å²) in [6.45, 7) is 3.48. The van der Waals surface area contributed by atoms with E-state index in [0.717, 1.165) is 16.9 Å². The molecule has 3 rings (SSSR count). The molecule has 0 unspecified atom stereocenters. The first-order valence-electron chi connectivity index (χ1n) is 10.5. The van der Waals surface area contributed by atoms with Crippen molar-refractivity contribution < 1.29 is 22.7 Å². The summed E-state index contributed by atoms with van der Waals surface area (Å²) >= 11 is 0. The van der Waals surface area contributed by atoms with Crippen molar-refractivity contribution in [2.24, 2.45) is 0 Å². The fourth-order valence-corrected chi connectivity index (χ4v) is 4.47. The molecule has 0 radical (unpaired) electrons. The number of amides is 1. The van der Waals surface area contributed by atoms with Gasteiger partial charge < -0.3 is 14.8 Å². The molecular weight excluding hydrogens is 440 g/mol. The Morgan fingerprint density at radius 1 is 0.818 bits per heavy atom. The van der Waals surface area contributed by atoms with Gasteiger partial charge >= 0.3 is 0 Å². The van der Waals surface area contributed by atoms with Crippen LogP contribution in [-0.4, -0.2) is 28.0 Å². The Balaban J connectivity index is 1.52. The van der Waals surface area contributed by atoms with Gasteiger partial charge in [-0.1, -0.05) is 42.5 Å². The molecule has 0 saturated carbocycles. The van der Waals surface area contributed by atoms with Crippen LogP contribution in [0.1, 0.15) is 37.1 Å². The molecule has 0 aliphatic carbocycles. The Labute approximate surface area is 194 Å². The van der Waals surface area contributed by atoms with Crippen molar-refractivity contribution in [3.8, 4) is 11.5 Å². The molecule has 7 nitrogen and oxygen atoms in total. The first-order valence-corrected chi connectivity index (χ1v) is 12.0. The maximum atomic E-state index is 12.7. The topological polar surface area (TPSA) is 93.7 Å². The van der Waals surface area contributed by atoms with Gasteiger partial charge in [0.2, 0.25) is 10.0 Å². The highest BCUT2D eigenvalue weighted by molar-refractivity contribution is 7.89. The van der Waals surface area contributed by atoms with Gasteiger partial charge in [-0.3, -0.25) is 4.79 Å². The fourth-order valence-electron chi connectivity index (χ4n) is 3.23. The highest BCUT2D eigenvalue weighted by Gasteiger charge is 2.18. The number of carbonyl (C=O) groups excluding carboxylic acids is 1. The van der Waals surface area contributed by atoms with E-state index in [0.29, 0.717) is 5.75 Å². The van der Waals surface area contributed by atoms with Gasteiger partial charge in [-0.2, -0.15) is 0 Å². The van der Waals surface area contributed by atoms with Crippen molar-refractivity contribution in [2.75, 3.05) is 13.7 Å². The summed E-state index contributed by atoms with van der Waals surface area (Å²) in [6.07, 6.45) is 0. The number of methoxy groups -OCH3 is 1. The maximum absolute atomic E-state index is 12.7. The Morgan fingerprint density at radius 2 is 1.39 bits per heavy atom. The molecule has 174 valence electrons.